The van der Waals surface area contributed by atoms with Crippen molar-refractivity contribution in [1.29, 1.82) is 0 Å². The van der Waals surface area contributed by atoms with Gasteiger partial charge in [0.05, 0.1) is 20.5 Å². The van der Waals surface area contributed by atoms with Gasteiger partial charge in [0.15, 0.2) is 0 Å². The summed E-state index contributed by atoms with van der Waals surface area (Å²) in [7, 11) is 3.29. The molecule has 0 aliphatic carbocycles. The first-order chi connectivity index (χ1) is 18.1. The first-order valence-corrected chi connectivity index (χ1v) is 12.5. The topological polar surface area (TPSA) is 55.2 Å². The SMILES string of the molecule is COc1cccc(-c2coc3cc(OC)c(/C(C)=C/C(=O)N4CCN(Cc5ccccc5)CC4)cc23)c1. The van der Waals surface area contributed by atoms with Gasteiger partial charge < -0.3 is 18.8 Å². The van der Waals surface area contributed by atoms with Gasteiger partial charge in [-0.2, -0.15) is 0 Å². The van der Waals surface area contributed by atoms with Crippen LogP contribution >= 0.6 is 0 Å². The number of furan rings is 1. The van der Waals surface area contributed by atoms with Crippen molar-refractivity contribution in [1.82, 2.24) is 9.80 Å². The Kier molecular flexibility index (Phi) is 7.28. The highest BCUT2D eigenvalue weighted by atomic mass is 16.5. The molecule has 3 aromatic carbocycles. The van der Waals surface area contributed by atoms with Crippen LogP contribution in [-0.2, 0) is 11.3 Å². The fourth-order valence-corrected chi connectivity index (χ4v) is 4.87. The first-order valence-electron chi connectivity index (χ1n) is 12.5. The van der Waals surface area contributed by atoms with Gasteiger partial charge >= 0.3 is 0 Å². The van der Waals surface area contributed by atoms with Gasteiger partial charge in [0.1, 0.15) is 17.1 Å². The predicted octanol–water partition coefficient (Wildman–Crippen LogP) is 5.86. The third-order valence-electron chi connectivity index (χ3n) is 6.97. The molecule has 0 unspecified atom stereocenters. The zero-order valence-corrected chi connectivity index (χ0v) is 21.6. The molecule has 2 heterocycles. The number of benzene rings is 3. The van der Waals surface area contributed by atoms with Crippen LogP contribution in [0.15, 0.2) is 83.5 Å². The summed E-state index contributed by atoms with van der Waals surface area (Å²) < 4.78 is 16.9. The molecule has 190 valence electrons. The molecule has 1 aliphatic rings. The number of rotatable bonds is 7. The quantitative estimate of drug-likeness (QED) is 0.300. The van der Waals surface area contributed by atoms with Crippen LogP contribution in [0.3, 0.4) is 0 Å². The number of allylic oxidation sites excluding steroid dienone is 1. The molecule has 0 saturated carbocycles. The Balaban J connectivity index is 1.35. The first kappa shape index (κ1) is 24.7. The monoisotopic (exact) mass is 496 g/mol. The summed E-state index contributed by atoms with van der Waals surface area (Å²) in [4.78, 5) is 17.5. The van der Waals surface area contributed by atoms with Crippen molar-refractivity contribution in [3.05, 3.63) is 90.2 Å². The van der Waals surface area contributed by atoms with E-state index in [0.717, 1.165) is 58.6 Å². The van der Waals surface area contributed by atoms with E-state index in [2.05, 4.69) is 29.2 Å². The fraction of sp³-hybridized carbons (Fsp3) is 0.258. The standard InChI is InChI=1S/C31H32N2O4/c1-22(16-31(34)33-14-12-32(13-15-33)20-23-8-5-4-6-9-23)26-18-27-28(21-37-30(27)19-29(26)36-3)24-10-7-11-25(17-24)35-2/h4-11,16-19,21H,12-15,20H2,1-3H3/b22-16+. The minimum Gasteiger partial charge on any atom is -0.497 e. The molecule has 1 aromatic heterocycles. The van der Waals surface area contributed by atoms with Crippen LogP contribution in [0.5, 0.6) is 11.5 Å². The molecule has 1 fully saturated rings. The van der Waals surface area contributed by atoms with Crippen molar-refractivity contribution >= 4 is 22.4 Å². The van der Waals surface area contributed by atoms with E-state index in [4.69, 9.17) is 13.9 Å². The molecule has 4 aromatic rings. The minimum absolute atomic E-state index is 0.0271. The summed E-state index contributed by atoms with van der Waals surface area (Å²) in [6, 6.07) is 22.3. The van der Waals surface area contributed by atoms with E-state index in [1.807, 2.05) is 54.3 Å². The maximum Gasteiger partial charge on any atom is 0.246 e. The lowest BCUT2D eigenvalue weighted by Gasteiger charge is -2.34. The average Bonchev–Trinajstić information content (AvgIpc) is 3.36. The van der Waals surface area contributed by atoms with Gasteiger partial charge in [0.25, 0.3) is 0 Å². The van der Waals surface area contributed by atoms with Crippen molar-refractivity contribution in [2.45, 2.75) is 13.5 Å². The summed E-state index contributed by atoms with van der Waals surface area (Å²) in [6.07, 6.45) is 3.48. The lowest BCUT2D eigenvalue weighted by molar-refractivity contribution is -0.127. The molecule has 1 saturated heterocycles. The number of hydrogen-bond donors (Lipinski definition) is 0. The Morgan fingerprint density at radius 3 is 2.46 bits per heavy atom. The molecule has 6 heteroatoms. The second-order valence-corrected chi connectivity index (χ2v) is 9.34. The smallest absolute Gasteiger partial charge is 0.246 e. The molecule has 0 N–H and O–H groups in total. The number of amides is 1. The van der Waals surface area contributed by atoms with Crippen LogP contribution in [0.25, 0.3) is 27.7 Å². The number of fused-ring (bicyclic) bond motifs is 1. The minimum atomic E-state index is 0.0271. The Hall–Kier alpha value is -4.03. The zero-order chi connectivity index (χ0) is 25.8. The summed E-state index contributed by atoms with van der Waals surface area (Å²) >= 11 is 0. The molecule has 6 nitrogen and oxygen atoms in total. The molecule has 37 heavy (non-hydrogen) atoms. The molecule has 1 amide bonds. The van der Waals surface area contributed by atoms with E-state index in [0.29, 0.717) is 18.8 Å². The second-order valence-electron chi connectivity index (χ2n) is 9.34. The number of nitrogens with zero attached hydrogens (tertiary/aromatic N) is 2. The van der Waals surface area contributed by atoms with Crippen LogP contribution in [0.1, 0.15) is 18.1 Å². The van der Waals surface area contributed by atoms with Gasteiger partial charge in [-0.1, -0.05) is 42.5 Å². The third-order valence-corrected chi connectivity index (χ3v) is 6.97. The number of piperazine rings is 1. The molecule has 0 spiro atoms. The van der Waals surface area contributed by atoms with Crippen molar-refractivity contribution in [2.24, 2.45) is 0 Å². The molecule has 1 aliphatic heterocycles. The Morgan fingerprint density at radius 2 is 1.73 bits per heavy atom. The normalized spacial score (nSPS) is 14.7. The van der Waals surface area contributed by atoms with Crippen molar-refractivity contribution in [3.63, 3.8) is 0 Å². The molecule has 0 bridgehead atoms. The molecule has 5 rings (SSSR count). The van der Waals surface area contributed by atoms with E-state index < -0.39 is 0 Å². The van der Waals surface area contributed by atoms with Crippen molar-refractivity contribution in [2.75, 3.05) is 40.4 Å². The number of carbonyl (C=O) groups is 1. The maximum atomic E-state index is 13.2. The third kappa shape index (κ3) is 5.39. The zero-order valence-electron chi connectivity index (χ0n) is 21.6. The van der Waals surface area contributed by atoms with E-state index in [1.165, 1.54) is 5.56 Å². The Labute approximate surface area is 217 Å². The van der Waals surface area contributed by atoms with Gasteiger partial charge in [-0.25, -0.2) is 0 Å². The van der Waals surface area contributed by atoms with E-state index >= 15 is 0 Å². The van der Waals surface area contributed by atoms with E-state index in [9.17, 15) is 4.79 Å². The van der Waals surface area contributed by atoms with Gasteiger partial charge in [0, 0.05) is 61.4 Å². The highest BCUT2D eigenvalue weighted by molar-refractivity contribution is 6.00. The van der Waals surface area contributed by atoms with Gasteiger partial charge in [0.2, 0.25) is 5.91 Å². The summed E-state index contributed by atoms with van der Waals surface area (Å²) in [5, 5.41) is 0.957. The number of carbonyl (C=O) groups excluding carboxylic acids is 1. The highest BCUT2D eigenvalue weighted by Crippen LogP contribution is 2.38. The van der Waals surface area contributed by atoms with Crippen molar-refractivity contribution in [3.8, 4) is 22.6 Å². The van der Waals surface area contributed by atoms with Crippen LogP contribution in [-0.4, -0.2) is 56.1 Å². The van der Waals surface area contributed by atoms with Crippen molar-refractivity contribution < 1.29 is 18.7 Å². The highest BCUT2D eigenvalue weighted by Gasteiger charge is 2.21. The summed E-state index contributed by atoms with van der Waals surface area (Å²) in [5.41, 5.74) is 5.72. The van der Waals surface area contributed by atoms with Crippen LogP contribution in [0.4, 0.5) is 0 Å². The van der Waals surface area contributed by atoms with Gasteiger partial charge in [-0.05, 0) is 41.8 Å². The number of hydrogen-bond acceptors (Lipinski definition) is 5. The average molecular weight is 497 g/mol. The Morgan fingerprint density at radius 1 is 0.946 bits per heavy atom. The van der Waals surface area contributed by atoms with Gasteiger partial charge in [-0.15, -0.1) is 0 Å². The number of methoxy groups -OCH3 is 2. The molecule has 0 radical (unpaired) electrons. The van der Waals surface area contributed by atoms with Crippen LogP contribution in [0.2, 0.25) is 0 Å². The van der Waals surface area contributed by atoms with E-state index in [1.54, 1.807) is 26.6 Å². The Bertz CT molecular complexity index is 1420. The van der Waals surface area contributed by atoms with Gasteiger partial charge in [-0.3, -0.25) is 9.69 Å². The number of ether oxygens (including phenoxy) is 2. The second kappa shape index (κ2) is 10.9. The molecule has 0 atom stereocenters. The predicted molar refractivity (Wildman–Crippen MR) is 147 cm³/mol. The van der Waals surface area contributed by atoms with E-state index in [-0.39, 0.29) is 5.91 Å². The lowest BCUT2D eigenvalue weighted by atomic mass is 9.99. The van der Waals surface area contributed by atoms with Crippen LogP contribution < -0.4 is 9.47 Å². The fourth-order valence-electron chi connectivity index (χ4n) is 4.87. The summed E-state index contributed by atoms with van der Waals surface area (Å²) in [6.45, 7) is 6.03. The largest absolute Gasteiger partial charge is 0.497 e. The molecular weight excluding hydrogens is 464 g/mol. The van der Waals surface area contributed by atoms with Crippen LogP contribution in [0, 0.1) is 0 Å². The maximum absolute atomic E-state index is 13.2. The lowest BCUT2D eigenvalue weighted by Crippen LogP contribution is -2.47. The molecular formula is C31H32N2O4. The summed E-state index contributed by atoms with van der Waals surface area (Å²) in [5.74, 6) is 1.48.